The number of nitrogens with zero attached hydrogens (tertiary/aromatic N) is 4. The minimum absolute atomic E-state index is 0.00684. The van der Waals surface area contributed by atoms with Crippen LogP contribution in [-0.4, -0.2) is 200 Å². The number of amides is 7. The average molecular weight is 1130 g/mol. The van der Waals surface area contributed by atoms with Crippen molar-refractivity contribution in [2.75, 3.05) is 85.9 Å². The van der Waals surface area contributed by atoms with E-state index >= 15 is 0 Å². The van der Waals surface area contributed by atoms with Crippen LogP contribution < -0.4 is 15.0 Å². The van der Waals surface area contributed by atoms with Gasteiger partial charge in [0, 0.05) is 63.3 Å². The number of likely N-dealkylation sites (tertiary alicyclic amines) is 1. The summed E-state index contributed by atoms with van der Waals surface area (Å²) in [5.41, 5.74) is -1.19. The maximum atomic E-state index is 14.4. The number of thioether (sulfide) groups is 1. The van der Waals surface area contributed by atoms with Crippen LogP contribution in [0.4, 0.5) is 10.5 Å². The number of hydrogen-bond donors (Lipinski definition) is 2. The summed E-state index contributed by atoms with van der Waals surface area (Å²) in [6, 6.07) is 2.40. The molecular formula is C54H74ClN5O17S. The van der Waals surface area contributed by atoms with E-state index in [1.165, 1.54) is 66.8 Å². The molecule has 5 heterocycles. The van der Waals surface area contributed by atoms with Crippen LogP contribution in [0, 0.1) is 5.92 Å². The zero-order chi connectivity index (χ0) is 57.3. The summed E-state index contributed by atoms with van der Waals surface area (Å²) in [6.07, 6.45) is 3.07. The van der Waals surface area contributed by atoms with Crippen LogP contribution >= 0.6 is 23.4 Å². The maximum Gasteiger partial charge on any atom is 0.409 e. The molecule has 0 aliphatic carbocycles. The van der Waals surface area contributed by atoms with E-state index in [2.05, 4.69) is 5.32 Å². The number of allylic oxidation sites excluding steroid dienone is 3. The fourth-order valence-corrected chi connectivity index (χ4v) is 11.5. The number of esters is 1. The van der Waals surface area contributed by atoms with Crippen molar-refractivity contribution < 1.29 is 81.4 Å². The highest BCUT2D eigenvalue weighted by Gasteiger charge is 2.64. The van der Waals surface area contributed by atoms with Crippen molar-refractivity contribution in [3.8, 4) is 5.75 Å². The molecule has 430 valence electrons. The lowest BCUT2D eigenvalue weighted by Crippen LogP contribution is -2.63. The minimum Gasteiger partial charge on any atom is -0.495 e. The zero-order valence-electron chi connectivity index (χ0n) is 46.0. The molecule has 5 aliphatic heterocycles. The van der Waals surface area contributed by atoms with Crippen LogP contribution in [0.15, 0.2) is 48.1 Å². The Kier molecular flexibility index (Phi) is 21.2. The highest BCUT2D eigenvalue weighted by atomic mass is 35.5. The van der Waals surface area contributed by atoms with Crippen molar-refractivity contribution in [2.45, 2.75) is 132 Å². The van der Waals surface area contributed by atoms with Gasteiger partial charge in [-0.2, -0.15) is 0 Å². The summed E-state index contributed by atoms with van der Waals surface area (Å²) in [5.74, 6) is -3.38. The second-order valence-electron chi connectivity index (χ2n) is 20.9. The maximum absolute atomic E-state index is 14.4. The first-order valence-corrected chi connectivity index (χ1v) is 27.2. The molecule has 0 spiro atoms. The summed E-state index contributed by atoms with van der Waals surface area (Å²) < 4.78 is 45.4. The number of anilines is 1. The summed E-state index contributed by atoms with van der Waals surface area (Å²) in [4.78, 5) is 110. The number of methoxy groups -OCH3 is 2. The van der Waals surface area contributed by atoms with Gasteiger partial charge in [-0.15, -0.1) is 11.8 Å². The summed E-state index contributed by atoms with van der Waals surface area (Å²) in [5, 5.41) is 13.9. The first-order valence-electron chi connectivity index (χ1n) is 26.0. The number of likely N-dealkylation sites (N-methyl/N-ethyl adjacent to an activating group) is 1. The Labute approximate surface area is 464 Å². The van der Waals surface area contributed by atoms with Crippen molar-refractivity contribution in [2.24, 2.45) is 5.92 Å². The lowest BCUT2D eigenvalue weighted by molar-refractivity contribution is -0.162. The van der Waals surface area contributed by atoms with E-state index in [1.54, 1.807) is 45.2 Å². The van der Waals surface area contributed by atoms with E-state index in [1.807, 2.05) is 26.8 Å². The molecule has 7 amide bonds. The zero-order valence-corrected chi connectivity index (χ0v) is 47.6. The number of hydrogen-bond acceptors (Lipinski definition) is 18. The van der Waals surface area contributed by atoms with Gasteiger partial charge in [0.15, 0.2) is 5.72 Å². The Hall–Kier alpha value is -5.40. The van der Waals surface area contributed by atoms with Gasteiger partial charge in [-0.25, -0.2) is 9.59 Å². The predicted molar refractivity (Wildman–Crippen MR) is 285 cm³/mol. The number of rotatable bonds is 22. The number of alkyl carbamates (subject to hydrolysis) is 1. The molecule has 9 atom stereocenters. The molecule has 6 rings (SSSR count). The number of fused-ring (bicyclic) bond motifs is 5. The number of epoxide rings is 1. The molecule has 1 aromatic rings. The SMILES string of the molecule is COc1cc2cc(c1Cl)N(C)C(=O)C[C@H](OC(=O)[C@H](C)N(C)C(=O)CCC(C)(C)SC1CC(=O)N(CCOCCOCCOCCN3C(=O)C=CC3=O)C1=O)[C@]1(C)O[C@H]1[C@H](C)[C@@H]1C[C@@](O)(NC(=O)O1)[C@H](OC)/C=C/C=C(\C)C2. The number of aliphatic hydroxyl groups is 1. The van der Waals surface area contributed by atoms with Crippen LogP contribution in [0.3, 0.4) is 0 Å². The van der Waals surface area contributed by atoms with Crippen LogP contribution in [0.1, 0.15) is 79.2 Å². The standard InChI is InChI=1S/C54H74ClN5O17S/c1-32-12-11-13-40(71-10)54(69)31-38(75-51(68)56-54)33(2)48-53(6,77-48)41(30-45(64)58(8)36-27-35(26-32)28-37(70-9)47(36)55)76-50(67)34(3)57(7)42(61)16-17-52(4,5)78-39-29-46(65)60(49(39)66)19-21-73-23-25-74-24-22-72-20-18-59-43(62)14-15-44(59)63/h11-15,27-28,33-34,38-41,48,69H,16-26,29-31H2,1-10H3,(H,56,68)/b13-11+,32-12+/t33-,34+,38+,39?,40-,41+,48+,53+,54+/m1/s1. The van der Waals surface area contributed by atoms with Gasteiger partial charge in [0.2, 0.25) is 23.6 Å². The Morgan fingerprint density at radius 1 is 0.962 bits per heavy atom. The van der Waals surface area contributed by atoms with Crippen LogP contribution in [0.25, 0.3) is 0 Å². The van der Waals surface area contributed by atoms with E-state index in [0.717, 1.165) is 16.0 Å². The summed E-state index contributed by atoms with van der Waals surface area (Å²) in [6.45, 7) is 12.1. The molecule has 0 aromatic heterocycles. The third-order valence-electron chi connectivity index (χ3n) is 14.7. The second-order valence-corrected chi connectivity index (χ2v) is 23.1. The number of ether oxygens (including phenoxy) is 8. The van der Waals surface area contributed by atoms with Gasteiger partial charge in [-0.3, -0.25) is 43.9 Å². The van der Waals surface area contributed by atoms with Crippen LogP contribution in [0.2, 0.25) is 5.02 Å². The molecule has 5 aliphatic rings. The molecule has 0 saturated carbocycles. The second kappa shape index (κ2) is 26.7. The first-order chi connectivity index (χ1) is 36.8. The third kappa shape index (κ3) is 15.3. The van der Waals surface area contributed by atoms with Gasteiger partial charge in [0.25, 0.3) is 11.8 Å². The Balaban J connectivity index is 1.04. The third-order valence-corrected chi connectivity index (χ3v) is 16.6. The summed E-state index contributed by atoms with van der Waals surface area (Å²) >= 11 is 8.13. The van der Waals surface area contributed by atoms with Gasteiger partial charge in [0.1, 0.15) is 40.7 Å². The Bertz CT molecular complexity index is 2510. The van der Waals surface area contributed by atoms with Gasteiger partial charge in [-0.1, -0.05) is 56.2 Å². The predicted octanol–water partition coefficient (Wildman–Crippen LogP) is 3.91. The molecular weight excluding hydrogens is 1060 g/mol. The lowest BCUT2D eigenvalue weighted by Gasteiger charge is -2.42. The lowest BCUT2D eigenvalue weighted by atomic mass is 9.83. The molecule has 78 heavy (non-hydrogen) atoms. The van der Waals surface area contributed by atoms with E-state index in [4.69, 9.17) is 49.5 Å². The minimum atomic E-state index is -1.88. The highest BCUT2D eigenvalue weighted by Crippen LogP contribution is 2.49. The highest BCUT2D eigenvalue weighted by molar-refractivity contribution is 8.02. The Morgan fingerprint density at radius 2 is 1.59 bits per heavy atom. The smallest absolute Gasteiger partial charge is 0.409 e. The van der Waals surface area contributed by atoms with E-state index < -0.39 is 81.6 Å². The Morgan fingerprint density at radius 3 is 2.22 bits per heavy atom. The van der Waals surface area contributed by atoms with Gasteiger partial charge in [0.05, 0.1) is 83.3 Å². The van der Waals surface area contributed by atoms with E-state index in [9.17, 15) is 43.5 Å². The largest absolute Gasteiger partial charge is 0.495 e. The van der Waals surface area contributed by atoms with Crippen molar-refractivity contribution in [3.05, 3.63) is 58.7 Å². The fourth-order valence-electron chi connectivity index (χ4n) is 9.73. The molecule has 2 N–H and O–H groups in total. The van der Waals surface area contributed by atoms with Crippen molar-refractivity contribution in [1.29, 1.82) is 0 Å². The molecule has 24 heteroatoms. The number of carbonyl (C=O) groups excluding carboxylic acids is 8. The van der Waals surface area contributed by atoms with E-state index in [-0.39, 0.29) is 107 Å². The molecule has 1 unspecified atom stereocenters. The van der Waals surface area contributed by atoms with Gasteiger partial charge in [-0.05, 0) is 51.3 Å². The van der Waals surface area contributed by atoms with Crippen molar-refractivity contribution >= 4 is 76.6 Å². The number of imide groups is 2. The van der Waals surface area contributed by atoms with Gasteiger partial charge >= 0.3 is 12.1 Å². The van der Waals surface area contributed by atoms with Crippen molar-refractivity contribution in [1.82, 2.24) is 20.0 Å². The van der Waals surface area contributed by atoms with Crippen LogP contribution in [0.5, 0.6) is 5.75 Å². The normalized spacial score (nSPS) is 28.2. The summed E-state index contributed by atoms with van der Waals surface area (Å²) in [7, 11) is 5.90. The molecule has 0 radical (unpaired) electrons. The molecule has 3 saturated heterocycles. The number of nitrogens with one attached hydrogen (secondary N) is 1. The van der Waals surface area contributed by atoms with Crippen molar-refractivity contribution in [3.63, 3.8) is 0 Å². The van der Waals surface area contributed by atoms with Gasteiger partial charge < -0.3 is 52.8 Å². The van der Waals surface area contributed by atoms with Crippen LogP contribution in [-0.2, 0) is 73.1 Å². The number of halogens is 1. The molecule has 3 fully saturated rings. The fraction of sp³-hybridized carbons (Fsp3) is 0.630. The first kappa shape index (κ1) is 61.8. The average Bonchev–Trinajstić information content (AvgIpc) is 4.07. The number of benzene rings is 1. The monoisotopic (exact) mass is 1130 g/mol. The topological polar surface area (TPSA) is 259 Å². The molecule has 22 nitrogen and oxygen atoms in total. The molecule has 1 aromatic carbocycles. The quantitative estimate of drug-likeness (QED) is 0.0722. The van der Waals surface area contributed by atoms with E-state index in [0.29, 0.717) is 24.3 Å². The number of carbonyl (C=O) groups is 8. The molecule has 4 bridgehead atoms.